The van der Waals surface area contributed by atoms with Gasteiger partial charge in [0.05, 0.1) is 29.8 Å². The summed E-state index contributed by atoms with van der Waals surface area (Å²) in [6.45, 7) is 1.92. The van der Waals surface area contributed by atoms with Gasteiger partial charge in [0, 0.05) is 0 Å². The lowest BCUT2D eigenvalue weighted by atomic mass is 9.84. The summed E-state index contributed by atoms with van der Waals surface area (Å²) in [5.41, 5.74) is 5.69. The summed E-state index contributed by atoms with van der Waals surface area (Å²) < 4.78 is 31.4. The molecule has 1 atom stereocenters. The Morgan fingerprint density at radius 3 is 2.52 bits per heavy atom. The van der Waals surface area contributed by atoms with Crippen LogP contribution in [0.4, 0.5) is 0 Å². The topological polar surface area (TPSA) is 98.5 Å². The standard InChI is InChI=1S/C13H24N2O4S2/c1-2-19-11(16)8-9-21(17,18)15-12(13(14)20)10-6-4-3-5-7-10/h10,12,15H,2-9H2,1H3,(H2,14,20). The van der Waals surface area contributed by atoms with E-state index in [-0.39, 0.29) is 29.7 Å². The zero-order valence-corrected chi connectivity index (χ0v) is 14.0. The lowest BCUT2D eigenvalue weighted by Crippen LogP contribution is -2.49. The molecule has 0 saturated heterocycles. The number of esters is 1. The molecular formula is C13H24N2O4S2. The van der Waals surface area contributed by atoms with Crippen LogP contribution in [0, 0.1) is 5.92 Å². The number of thiocarbonyl (C=S) groups is 1. The Balaban J connectivity index is 2.60. The maximum atomic E-state index is 12.1. The first-order chi connectivity index (χ1) is 9.85. The fourth-order valence-corrected chi connectivity index (χ4v) is 4.14. The zero-order valence-electron chi connectivity index (χ0n) is 12.3. The number of rotatable bonds is 8. The summed E-state index contributed by atoms with van der Waals surface area (Å²) in [5.74, 6) is -0.682. The van der Waals surface area contributed by atoms with Gasteiger partial charge in [-0.25, -0.2) is 13.1 Å². The predicted molar refractivity (Wildman–Crippen MR) is 85.3 cm³/mol. The second kappa shape index (κ2) is 8.65. The van der Waals surface area contributed by atoms with Crippen molar-refractivity contribution in [2.45, 2.75) is 51.5 Å². The molecule has 0 aromatic heterocycles. The van der Waals surface area contributed by atoms with Crippen molar-refractivity contribution in [2.24, 2.45) is 11.7 Å². The SMILES string of the molecule is CCOC(=O)CCS(=O)(=O)NC(C(N)=S)C1CCCCC1. The van der Waals surface area contributed by atoms with E-state index >= 15 is 0 Å². The summed E-state index contributed by atoms with van der Waals surface area (Å²) in [6.07, 6.45) is 4.96. The van der Waals surface area contributed by atoms with E-state index in [4.69, 9.17) is 22.7 Å². The Morgan fingerprint density at radius 1 is 1.38 bits per heavy atom. The van der Waals surface area contributed by atoms with Crippen LogP contribution in [0.1, 0.15) is 45.4 Å². The van der Waals surface area contributed by atoms with Crippen LogP contribution in [0.3, 0.4) is 0 Å². The van der Waals surface area contributed by atoms with Crippen LogP contribution in [0.15, 0.2) is 0 Å². The number of hydrogen-bond donors (Lipinski definition) is 2. The average Bonchev–Trinajstić information content (AvgIpc) is 2.44. The van der Waals surface area contributed by atoms with Crippen molar-refractivity contribution in [3.63, 3.8) is 0 Å². The van der Waals surface area contributed by atoms with E-state index in [9.17, 15) is 13.2 Å². The van der Waals surface area contributed by atoms with Gasteiger partial charge in [-0.2, -0.15) is 0 Å². The molecule has 0 heterocycles. The molecule has 122 valence electrons. The smallest absolute Gasteiger partial charge is 0.306 e. The highest BCUT2D eigenvalue weighted by molar-refractivity contribution is 7.89. The average molecular weight is 336 g/mol. The van der Waals surface area contributed by atoms with Crippen molar-refractivity contribution >= 4 is 33.2 Å². The fourth-order valence-electron chi connectivity index (χ4n) is 2.56. The van der Waals surface area contributed by atoms with Gasteiger partial charge < -0.3 is 10.5 Å². The summed E-state index contributed by atoms with van der Waals surface area (Å²) in [6, 6.07) is -0.521. The van der Waals surface area contributed by atoms with E-state index in [0.29, 0.717) is 0 Å². The van der Waals surface area contributed by atoms with E-state index in [1.54, 1.807) is 6.92 Å². The molecule has 0 bridgehead atoms. The van der Waals surface area contributed by atoms with Crippen LogP contribution in [-0.2, 0) is 19.6 Å². The maximum Gasteiger partial charge on any atom is 0.306 e. The van der Waals surface area contributed by atoms with E-state index in [1.165, 1.54) is 0 Å². The van der Waals surface area contributed by atoms with Crippen molar-refractivity contribution < 1.29 is 17.9 Å². The van der Waals surface area contributed by atoms with E-state index in [0.717, 1.165) is 32.1 Å². The van der Waals surface area contributed by atoms with Gasteiger partial charge in [0.25, 0.3) is 0 Å². The molecule has 0 aliphatic heterocycles. The maximum absolute atomic E-state index is 12.1. The van der Waals surface area contributed by atoms with Gasteiger partial charge in [0.2, 0.25) is 10.0 Å². The number of hydrogen-bond acceptors (Lipinski definition) is 5. The van der Waals surface area contributed by atoms with Crippen LogP contribution in [-0.4, -0.2) is 37.8 Å². The Labute approximate surface area is 131 Å². The lowest BCUT2D eigenvalue weighted by molar-refractivity contribution is -0.142. The molecule has 21 heavy (non-hydrogen) atoms. The first-order valence-corrected chi connectivity index (χ1v) is 9.36. The molecule has 1 unspecified atom stereocenters. The van der Waals surface area contributed by atoms with Crippen LogP contribution < -0.4 is 10.5 Å². The van der Waals surface area contributed by atoms with Gasteiger partial charge in [-0.05, 0) is 25.7 Å². The quantitative estimate of drug-likeness (QED) is 0.509. The Morgan fingerprint density at radius 2 is 2.00 bits per heavy atom. The van der Waals surface area contributed by atoms with Crippen molar-refractivity contribution in [3.8, 4) is 0 Å². The minimum atomic E-state index is -3.61. The molecule has 1 rings (SSSR count). The molecule has 3 N–H and O–H groups in total. The minimum Gasteiger partial charge on any atom is -0.466 e. The van der Waals surface area contributed by atoms with Crippen molar-refractivity contribution in [1.82, 2.24) is 4.72 Å². The molecule has 0 aromatic carbocycles. The molecule has 8 heteroatoms. The van der Waals surface area contributed by atoms with Crippen LogP contribution in [0.5, 0.6) is 0 Å². The first kappa shape index (κ1) is 18.3. The third-order valence-electron chi connectivity index (χ3n) is 3.61. The fraction of sp³-hybridized carbons (Fsp3) is 0.846. The molecule has 1 fully saturated rings. The first-order valence-electron chi connectivity index (χ1n) is 7.30. The summed E-state index contributed by atoms with van der Waals surface area (Å²) in [5, 5.41) is 0. The third kappa shape index (κ3) is 6.71. The molecule has 6 nitrogen and oxygen atoms in total. The summed E-state index contributed by atoms with van der Waals surface area (Å²) in [7, 11) is -3.61. The van der Waals surface area contributed by atoms with Gasteiger partial charge in [-0.1, -0.05) is 31.5 Å². The predicted octanol–water partition coefficient (Wildman–Crippen LogP) is 1.09. The third-order valence-corrected chi connectivity index (χ3v) is 5.22. The monoisotopic (exact) mass is 336 g/mol. The number of carbonyl (C=O) groups excluding carboxylic acids is 1. The zero-order chi connectivity index (χ0) is 15.9. The summed E-state index contributed by atoms with van der Waals surface area (Å²) in [4.78, 5) is 11.4. The van der Waals surface area contributed by atoms with Gasteiger partial charge in [0.1, 0.15) is 0 Å². The Kier molecular flexibility index (Phi) is 7.55. The van der Waals surface area contributed by atoms with Crippen molar-refractivity contribution in [3.05, 3.63) is 0 Å². The van der Waals surface area contributed by atoms with Crippen LogP contribution in [0.2, 0.25) is 0 Å². The molecule has 0 spiro atoms. The number of nitrogens with one attached hydrogen (secondary N) is 1. The largest absolute Gasteiger partial charge is 0.466 e. The summed E-state index contributed by atoms with van der Waals surface area (Å²) >= 11 is 5.00. The molecular weight excluding hydrogens is 312 g/mol. The molecule has 1 aliphatic rings. The second-order valence-electron chi connectivity index (χ2n) is 5.27. The molecule has 0 radical (unpaired) electrons. The van der Waals surface area contributed by atoms with E-state index < -0.39 is 22.0 Å². The Hall–Kier alpha value is -0.730. The van der Waals surface area contributed by atoms with Crippen LogP contribution >= 0.6 is 12.2 Å². The van der Waals surface area contributed by atoms with Gasteiger partial charge in [-0.15, -0.1) is 0 Å². The van der Waals surface area contributed by atoms with Crippen LogP contribution in [0.25, 0.3) is 0 Å². The highest BCUT2D eigenvalue weighted by Gasteiger charge is 2.29. The van der Waals surface area contributed by atoms with E-state index in [2.05, 4.69) is 4.72 Å². The lowest BCUT2D eigenvalue weighted by Gasteiger charge is -2.29. The van der Waals surface area contributed by atoms with Crippen molar-refractivity contribution in [1.29, 1.82) is 0 Å². The van der Waals surface area contributed by atoms with Gasteiger partial charge >= 0.3 is 5.97 Å². The number of carbonyl (C=O) groups is 1. The minimum absolute atomic E-state index is 0.147. The van der Waals surface area contributed by atoms with Gasteiger partial charge in [-0.3, -0.25) is 4.79 Å². The highest BCUT2D eigenvalue weighted by Crippen LogP contribution is 2.27. The number of sulfonamides is 1. The second-order valence-corrected chi connectivity index (χ2v) is 7.61. The number of ether oxygens (including phenoxy) is 1. The normalized spacial score (nSPS) is 18.1. The Bertz CT molecular complexity index is 459. The van der Waals surface area contributed by atoms with Gasteiger partial charge in [0.15, 0.2) is 0 Å². The van der Waals surface area contributed by atoms with E-state index in [1.807, 2.05) is 0 Å². The molecule has 0 aromatic rings. The molecule has 1 saturated carbocycles. The number of nitrogens with two attached hydrogens (primary N) is 1. The molecule has 0 amide bonds. The highest BCUT2D eigenvalue weighted by atomic mass is 32.2. The molecule has 1 aliphatic carbocycles. The van der Waals surface area contributed by atoms with Crippen molar-refractivity contribution in [2.75, 3.05) is 12.4 Å².